The molecular weight excluding hydrogens is 388 g/mol. The number of hydrogen-bond donors (Lipinski definition) is 0. The van der Waals surface area contributed by atoms with Gasteiger partial charge in [0.2, 0.25) is 5.91 Å². The molecule has 0 saturated carbocycles. The van der Waals surface area contributed by atoms with Crippen LogP contribution in [0.25, 0.3) is 0 Å². The Morgan fingerprint density at radius 3 is 2.81 bits per heavy atom. The standard InChI is InChI=1S/C25H30N4O2/c1-31-23-11-5-9-20(15-23)12-13-25(30)28-14-6-10-22(18-28)16-24-27-26-19-29(24)17-21-7-3-2-4-8-21/h2-5,7-9,11,15,19,22H,6,10,12-14,16-18H2,1H3. The van der Waals surface area contributed by atoms with E-state index in [2.05, 4.69) is 39.0 Å². The highest BCUT2D eigenvalue weighted by Gasteiger charge is 2.25. The van der Waals surface area contributed by atoms with Crippen LogP contribution in [0.3, 0.4) is 0 Å². The summed E-state index contributed by atoms with van der Waals surface area (Å²) in [5.41, 5.74) is 2.37. The minimum absolute atomic E-state index is 0.235. The van der Waals surface area contributed by atoms with Crippen LogP contribution >= 0.6 is 0 Å². The maximum Gasteiger partial charge on any atom is 0.222 e. The fourth-order valence-corrected chi connectivity index (χ4v) is 4.30. The number of nitrogens with zero attached hydrogens (tertiary/aromatic N) is 4. The topological polar surface area (TPSA) is 60.2 Å². The molecule has 1 atom stereocenters. The van der Waals surface area contributed by atoms with Gasteiger partial charge in [0.05, 0.1) is 13.7 Å². The monoisotopic (exact) mass is 418 g/mol. The molecule has 1 aromatic heterocycles. The Morgan fingerprint density at radius 1 is 1.13 bits per heavy atom. The van der Waals surface area contributed by atoms with Crippen molar-refractivity contribution in [1.82, 2.24) is 19.7 Å². The largest absolute Gasteiger partial charge is 0.497 e. The van der Waals surface area contributed by atoms with Crippen molar-refractivity contribution >= 4 is 5.91 Å². The first-order valence-electron chi connectivity index (χ1n) is 11.0. The lowest BCUT2D eigenvalue weighted by Crippen LogP contribution is -2.40. The van der Waals surface area contributed by atoms with Crippen LogP contribution in [0.4, 0.5) is 0 Å². The van der Waals surface area contributed by atoms with Gasteiger partial charge in [-0.3, -0.25) is 4.79 Å². The Kier molecular flexibility index (Phi) is 6.97. The van der Waals surface area contributed by atoms with Gasteiger partial charge in [0.1, 0.15) is 17.9 Å². The number of benzene rings is 2. The highest BCUT2D eigenvalue weighted by Crippen LogP contribution is 2.22. The van der Waals surface area contributed by atoms with Crippen LogP contribution < -0.4 is 4.74 Å². The molecule has 1 unspecified atom stereocenters. The molecular formula is C25H30N4O2. The molecule has 0 aliphatic carbocycles. The number of likely N-dealkylation sites (tertiary alicyclic amines) is 1. The first-order valence-corrected chi connectivity index (χ1v) is 11.0. The molecule has 6 heteroatoms. The third kappa shape index (κ3) is 5.72. The SMILES string of the molecule is COc1cccc(CCC(=O)N2CCCC(Cc3nncn3Cc3ccccc3)C2)c1. The van der Waals surface area contributed by atoms with Gasteiger partial charge in [-0.1, -0.05) is 42.5 Å². The van der Waals surface area contributed by atoms with Gasteiger partial charge in [0, 0.05) is 25.9 Å². The van der Waals surface area contributed by atoms with E-state index in [9.17, 15) is 4.79 Å². The summed E-state index contributed by atoms with van der Waals surface area (Å²) >= 11 is 0. The second kappa shape index (κ2) is 10.2. The van der Waals surface area contributed by atoms with Crippen molar-refractivity contribution in [2.75, 3.05) is 20.2 Å². The lowest BCUT2D eigenvalue weighted by atomic mass is 9.94. The molecule has 3 aromatic rings. The summed E-state index contributed by atoms with van der Waals surface area (Å²) in [6.45, 7) is 2.43. The van der Waals surface area contributed by atoms with Crippen LogP contribution in [0.15, 0.2) is 60.9 Å². The van der Waals surface area contributed by atoms with Crippen molar-refractivity contribution in [3.05, 3.63) is 77.9 Å². The Bertz CT molecular complexity index is 986. The van der Waals surface area contributed by atoms with Crippen molar-refractivity contribution in [1.29, 1.82) is 0 Å². The molecule has 6 nitrogen and oxygen atoms in total. The molecule has 1 fully saturated rings. The number of rotatable bonds is 8. The van der Waals surface area contributed by atoms with Crippen LogP contribution in [-0.4, -0.2) is 45.8 Å². The average Bonchev–Trinajstić information content (AvgIpc) is 3.24. The number of carbonyl (C=O) groups excluding carboxylic acids is 1. The van der Waals surface area contributed by atoms with Crippen LogP contribution in [0, 0.1) is 5.92 Å². The van der Waals surface area contributed by atoms with E-state index in [-0.39, 0.29) is 5.91 Å². The van der Waals surface area contributed by atoms with Gasteiger partial charge in [-0.15, -0.1) is 10.2 Å². The van der Waals surface area contributed by atoms with Gasteiger partial charge in [-0.25, -0.2) is 0 Å². The zero-order valence-electron chi connectivity index (χ0n) is 18.1. The summed E-state index contributed by atoms with van der Waals surface area (Å²) < 4.78 is 7.40. The molecule has 2 heterocycles. The molecule has 1 aliphatic heterocycles. The Hall–Kier alpha value is -3.15. The highest BCUT2D eigenvalue weighted by atomic mass is 16.5. The number of carbonyl (C=O) groups is 1. The first-order chi connectivity index (χ1) is 15.2. The van der Waals surface area contributed by atoms with Crippen molar-refractivity contribution in [2.24, 2.45) is 5.92 Å². The number of piperidine rings is 1. The predicted octanol–water partition coefficient (Wildman–Crippen LogP) is 3.75. The lowest BCUT2D eigenvalue weighted by Gasteiger charge is -2.32. The molecule has 0 radical (unpaired) electrons. The summed E-state index contributed by atoms with van der Waals surface area (Å²) in [6, 6.07) is 18.3. The van der Waals surface area contributed by atoms with E-state index in [4.69, 9.17) is 4.74 Å². The second-order valence-electron chi connectivity index (χ2n) is 8.26. The van der Waals surface area contributed by atoms with E-state index in [1.807, 2.05) is 41.6 Å². The van der Waals surface area contributed by atoms with Crippen molar-refractivity contribution in [3.8, 4) is 5.75 Å². The van der Waals surface area contributed by atoms with E-state index >= 15 is 0 Å². The maximum absolute atomic E-state index is 12.8. The van der Waals surface area contributed by atoms with E-state index in [1.54, 1.807) is 7.11 Å². The number of aromatic nitrogens is 3. The predicted molar refractivity (Wildman–Crippen MR) is 120 cm³/mol. The molecule has 1 saturated heterocycles. The van der Waals surface area contributed by atoms with Crippen molar-refractivity contribution < 1.29 is 9.53 Å². The van der Waals surface area contributed by atoms with Gasteiger partial charge in [-0.05, 0) is 48.4 Å². The van der Waals surface area contributed by atoms with Crippen LogP contribution in [-0.2, 0) is 24.2 Å². The van der Waals surface area contributed by atoms with Gasteiger partial charge in [-0.2, -0.15) is 0 Å². The first kappa shape index (κ1) is 21.1. The lowest BCUT2D eigenvalue weighted by molar-refractivity contribution is -0.133. The molecule has 1 aliphatic rings. The minimum atomic E-state index is 0.235. The number of amides is 1. The second-order valence-corrected chi connectivity index (χ2v) is 8.26. The number of ether oxygens (including phenoxy) is 1. The number of hydrogen-bond acceptors (Lipinski definition) is 4. The third-order valence-corrected chi connectivity index (χ3v) is 6.00. The summed E-state index contributed by atoms with van der Waals surface area (Å²) in [5.74, 6) is 2.49. The molecule has 31 heavy (non-hydrogen) atoms. The van der Waals surface area contributed by atoms with E-state index < -0.39 is 0 Å². The van der Waals surface area contributed by atoms with Crippen LogP contribution in [0.1, 0.15) is 36.2 Å². The summed E-state index contributed by atoms with van der Waals surface area (Å²) in [5, 5.41) is 8.50. The third-order valence-electron chi connectivity index (χ3n) is 6.00. The summed E-state index contributed by atoms with van der Waals surface area (Å²) in [7, 11) is 1.67. The molecule has 0 N–H and O–H groups in total. The number of aryl methyl sites for hydroxylation is 1. The molecule has 0 bridgehead atoms. The molecule has 4 rings (SSSR count). The fraction of sp³-hybridized carbons (Fsp3) is 0.400. The van der Waals surface area contributed by atoms with Crippen LogP contribution in [0.2, 0.25) is 0 Å². The van der Waals surface area contributed by atoms with Gasteiger partial charge in [0.15, 0.2) is 0 Å². The fourth-order valence-electron chi connectivity index (χ4n) is 4.30. The molecule has 2 aromatic carbocycles. The summed E-state index contributed by atoms with van der Waals surface area (Å²) in [4.78, 5) is 14.9. The molecule has 1 amide bonds. The Balaban J connectivity index is 1.31. The quantitative estimate of drug-likeness (QED) is 0.559. The Morgan fingerprint density at radius 2 is 1.97 bits per heavy atom. The Labute approximate surface area is 183 Å². The average molecular weight is 419 g/mol. The zero-order valence-corrected chi connectivity index (χ0v) is 18.1. The van der Waals surface area contributed by atoms with E-state index in [1.165, 1.54) is 5.56 Å². The summed E-state index contributed by atoms with van der Waals surface area (Å²) in [6.07, 6.45) is 6.10. The van der Waals surface area contributed by atoms with E-state index in [0.717, 1.165) is 62.5 Å². The molecule has 162 valence electrons. The van der Waals surface area contributed by atoms with Crippen LogP contribution in [0.5, 0.6) is 5.75 Å². The zero-order chi connectivity index (χ0) is 21.5. The highest BCUT2D eigenvalue weighted by molar-refractivity contribution is 5.76. The maximum atomic E-state index is 12.8. The van der Waals surface area contributed by atoms with E-state index in [0.29, 0.717) is 12.3 Å². The normalized spacial score (nSPS) is 16.3. The van der Waals surface area contributed by atoms with Crippen molar-refractivity contribution in [2.45, 2.75) is 38.6 Å². The molecule has 0 spiro atoms. The van der Waals surface area contributed by atoms with Gasteiger partial charge < -0.3 is 14.2 Å². The minimum Gasteiger partial charge on any atom is -0.497 e. The van der Waals surface area contributed by atoms with Gasteiger partial charge in [0.25, 0.3) is 0 Å². The smallest absolute Gasteiger partial charge is 0.222 e. The van der Waals surface area contributed by atoms with Gasteiger partial charge >= 0.3 is 0 Å². The number of methoxy groups -OCH3 is 1. The van der Waals surface area contributed by atoms with Crippen molar-refractivity contribution in [3.63, 3.8) is 0 Å².